The SMILES string of the molecule is CCN1CCC(N2CCC(C)(C(C)C)CC2)CC1. The number of piperidine rings is 2. The Balaban J connectivity index is 1.80. The second kappa shape index (κ2) is 5.92. The molecule has 2 fully saturated rings. The number of nitrogens with zero attached hydrogens (tertiary/aromatic N) is 2. The standard InChI is InChI=1S/C16H32N2/c1-5-17-10-6-15(7-11-17)18-12-8-16(4,9-13-18)14(2)3/h14-15H,5-13H2,1-4H3. The molecule has 106 valence electrons. The van der Waals surface area contributed by atoms with Crippen molar-refractivity contribution in [2.24, 2.45) is 11.3 Å². The molecule has 0 unspecified atom stereocenters. The molecule has 0 aromatic heterocycles. The minimum atomic E-state index is 0.598. The first kappa shape index (κ1) is 14.3. The molecule has 2 saturated heterocycles. The van der Waals surface area contributed by atoms with Gasteiger partial charge in [-0.2, -0.15) is 0 Å². The lowest BCUT2D eigenvalue weighted by atomic mass is 9.71. The van der Waals surface area contributed by atoms with Crippen LogP contribution in [0.25, 0.3) is 0 Å². The smallest absolute Gasteiger partial charge is 0.0120 e. The van der Waals surface area contributed by atoms with Crippen molar-refractivity contribution in [3.63, 3.8) is 0 Å². The molecule has 0 N–H and O–H groups in total. The molecule has 18 heavy (non-hydrogen) atoms. The van der Waals surface area contributed by atoms with Gasteiger partial charge in [0.1, 0.15) is 0 Å². The summed E-state index contributed by atoms with van der Waals surface area (Å²) >= 11 is 0. The van der Waals surface area contributed by atoms with Crippen molar-refractivity contribution in [1.82, 2.24) is 9.80 Å². The molecular weight excluding hydrogens is 220 g/mol. The highest BCUT2D eigenvalue weighted by molar-refractivity contribution is 4.88. The molecule has 0 atom stereocenters. The van der Waals surface area contributed by atoms with Crippen LogP contribution in [-0.4, -0.2) is 48.6 Å². The van der Waals surface area contributed by atoms with E-state index in [1.807, 2.05) is 0 Å². The van der Waals surface area contributed by atoms with Crippen molar-refractivity contribution < 1.29 is 0 Å². The van der Waals surface area contributed by atoms with Gasteiger partial charge in [-0.05, 0) is 69.7 Å². The van der Waals surface area contributed by atoms with Gasteiger partial charge < -0.3 is 9.80 Å². The van der Waals surface area contributed by atoms with Gasteiger partial charge in [-0.1, -0.05) is 27.7 Å². The highest BCUT2D eigenvalue weighted by atomic mass is 15.2. The molecule has 0 saturated carbocycles. The Labute approximate surface area is 114 Å². The van der Waals surface area contributed by atoms with Crippen LogP contribution >= 0.6 is 0 Å². The van der Waals surface area contributed by atoms with Gasteiger partial charge in [0.05, 0.1) is 0 Å². The summed E-state index contributed by atoms with van der Waals surface area (Å²) in [5.41, 5.74) is 0.598. The van der Waals surface area contributed by atoms with Crippen LogP contribution in [0.1, 0.15) is 53.4 Å². The topological polar surface area (TPSA) is 6.48 Å². The first-order chi connectivity index (χ1) is 8.55. The molecule has 0 spiro atoms. The van der Waals surface area contributed by atoms with E-state index in [1.54, 1.807) is 0 Å². The van der Waals surface area contributed by atoms with Gasteiger partial charge in [-0.15, -0.1) is 0 Å². The van der Waals surface area contributed by atoms with Crippen molar-refractivity contribution in [1.29, 1.82) is 0 Å². The molecule has 2 aliphatic heterocycles. The zero-order valence-corrected chi connectivity index (χ0v) is 12.9. The van der Waals surface area contributed by atoms with Gasteiger partial charge in [-0.3, -0.25) is 0 Å². The van der Waals surface area contributed by atoms with Gasteiger partial charge in [0.15, 0.2) is 0 Å². The van der Waals surface area contributed by atoms with E-state index in [0.717, 1.165) is 12.0 Å². The van der Waals surface area contributed by atoms with Gasteiger partial charge in [-0.25, -0.2) is 0 Å². The fourth-order valence-corrected chi connectivity index (χ4v) is 3.58. The largest absolute Gasteiger partial charge is 0.303 e. The molecule has 2 aliphatic rings. The Bertz CT molecular complexity index is 246. The highest BCUT2D eigenvalue weighted by Crippen LogP contribution is 2.39. The summed E-state index contributed by atoms with van der Waals surface area (Å²) in [6.45, 7) is 16.1. The Morgan fingerprint density at radius 1 is 1.06 bits per heavy atom. The monoisotopic (exact) mass is 252 g/mol. The molecule has 0 aromatic rings. The minimum Gasteiger partial charge on any atom is -0.303 e. The number of rotatable bonds is 3. The van der Waals surface area contributed by atoms with Crippen molar-refractivity contribution in [2.45, 2.75) is 59.4 Å². The Kier molecular flexibility index (Phi) is 4.71. The van der Waals surface area contributed by atoms with Crippen molar-refractivity contribution in [2.75, 3.05) is 32.7 Å². The second-order valence-corrected chi connectivity index (χ2v) is 7.01. The third kappa shape index (κ3) is 3.08. The lowest BCUT2D eigenvalue weighted by molar-refractivity contribution is 0.0309. The molecular formula is C16H32N2. The van der Waals surface area contributed by atoms with Crippen LogP contribution in [0.4, 0.5) is 0 Å². The third-order valence-electron chi connectivity index (χ3n) is 5.85. The van der Waals surface area contributed by atoms with Gasteiger partial charge in [0, 0.05) is 6.04 Å². The van der Waals surface area contributed by atoms with Crippen molar-refractivity contribution >= 4 is 0 Å². The van der Waals surface area contributed by atoms with Crippen LogP contribution in [-0.2, 0) is 0 Å². The van der Waals surface area contributed by atoms with E-state index in [-0.39, 0.29) is 0 Å². The number of hydrogen-bond donors (Lipinski definition) is 0. The maximum atomic E-state index is 2.79. The van der Waals surface area contributed by atoms with E-state index in [4.69, 9.17) is 0 Å². The van der Waals surface area contributed by atoms with E-state index < -0.39 is 0 Å². The molecule has 2 rings (SSSR count). The Hall–Kier alpha value is -0.0800. The quantitative estimate of drug-likeness (QED) is 0.761. The molecule has 2 heteroatoms. The third-order valence-corrected chi connectivity index (χ3v) is 5.85. The van der Waals surface area contributed by atoms with Gasteiger partial charge in [0.2, 0.25) is 0 Å². The van der Waals surface area contributed by atoms with E-state index >= 15 is 0 Å². The lowest BCUT2D eigenvalue weighted by Gasteiger charge is -2.46. The minimum absolute atomic E-state index is 0.598. The highest BCUT2D eigenvalue weighted by Gasteiger charge is 2.35. The van der Waals surface area contributed by atoms with Crippen LogP contribution in [0.3, 0.4) is 0 Å². The summed E-state index contributed by atoms with van der Waals surface area (Å²) in [4.78, 5) is 5.38. The Morgan fingerprint density at radius 2 is 1.61 bits per heavy atom. The Morgan fingerprint density at radius 3 is 2.06 bits per heavy atom. The lowest BCUT2D eigenvalue weighted by Crippen LogP contribution is -2.50. The van der Waals surface area contributed by atoms with Crippen LogP contribution < -0.4 is 0 Å². The second-order valence-electron chi connectivity index (χ2n) is 7.01. The van der Waals surface area contributed by atoms with E-state index in [0.29, 0.717) is 5.41 Å². The fraction of sp³-hybridized carbons (Fsp3) is 1.00. The molecule has 0 aliphatic carbocycles. The fourth-order valence-electron chi connectivity index (χ4n) is 3.58. The first-order valence-electron chi connectivity index (χ1n) is 8.01. The molecule has 0 radical (unpaired) electrons. The molecule has 0 bridgehead atoms. The summed E-state index contributed by atoms with van der Waals surface area (Å²) in [5.74, 6) is 0.835. The summed E-state index contributed by atoms with van der Waals surface area (Å²) in [6, 6.07) is 0.879. The van der Waals surface area contributed by atoms with Crippen LogP contribution in [0.5, 0.6) is 0 Å². The maximum absolute atomic E-state index is 2.79. The number of hydrogen-bond acceptors (Lipinski definition) is 2. The summed E-state index contributed by atoms with van der Waals surface area (Å²) in [7, 11) is 0. The molecule has 0 aromatic carbocycles. The van der Waals surface area contributed by atoms with Crippen molar-refractivity contribution in [3.8, 4) is 0 Å². The van der Waals surface area contributed by atoms with Crippen molar-refractivity contribution in [3.05, 3.63) is 0 Å². The van der Waals surface area contributed by atoms with Gasteiger partial charge in [0.25, 0.3) is 0 Å². The molecule has 2 nitrogen and oxygen atoms in total. The predicted molar refractivity (Wildman–Crippen MR) is 78.9 cm³/mol. The predicted octanol–water partition coefficient (Wildman–Crippen LogP) is 3.23. The van der Waals surface area contributed by atoms with E-state index in [9.17, 15) is 0 Å². The summed E-state index contributed by atoms with van der Waals surface area (Å²) in [5, 5.41) is 0. The van der Waals surface area contributed by atoms with E-state index in [2.05, 4.69) is 37.5 Å². The average molecular weight is 252 g/mol. The van der Waals surface area contributed by atoms with Gasteiger partial charge >= 0.3 is 0 Å². The molecule has 0 amide bonds. The van der Waals surface area contributed by atoms with E-state index in [1.165, 1.54) is 58.4 Å². The zero-order valence-electron chi connectivity index (χ0n) is 12.9. The zero-order chi connectivity index (χ0) is 13.2. The normalized spacial score (nSPS) is 27.8. The van der Waals surface area contributed by atoms with Crippen LogP contribution in [0, 0.1) is 11.3 Å². The molecule has 2 heterocycles. The summed E-state index contributed by atoms with van der Waals surface area (Å²) in [6.07, 6.45) is 5.59. The van der Waals surface area contributed by atoms with Crippen LogP contribution in [0.2, 0.25) is 0 Å². The maximum Gasteiger partial charge on any atom is 0.0120 e. The summed E-state index contributed by atoms with van der Waals surface area (Å²) < 4.78 is 0. The van der Waals surface area contributed by atoms with Crippen LogP contribution in [0.15, 0.2) is 0 Å². The first-order valence-corrected chi connectivity index (χ1v) is 8.01. The number of likely N-dealkylation sites (tertiary alicyclic amines) is 2. The average Bonchev–Trinajstić information content (AvgIpc) is 2.40.